The highest BCUT2D eigenvalue weighted by molar-refractivity contribution is 7.85. The number of ether oxygens (including phenoxy) is 3. The second-order valence-electron chi connectivity index (χ2n) is 15.5. The minimum atomic E-state index is -4.35. The zero-order chi connectivity index (χ0) is 42.7. The topological polar surface area (TPSA) is 172 Å². The molecule has 0 aromatic heterocycles. The second-order valence-corrected chi connectivity index (χ2v) is 17.1. The Hall–Kier alpha value is -4.05. The van der Waals surface area contributed by atoms with Gasteiger partial charge in [-0.3, -0.25) is 28.7 Å². The van der Waals surface area contributed by atoms with E-state index in [1.165, 1.54) is 37.8 Å². The van der Waals surface area contributed by atoms with Crippen molar-refractivity contribution < 1.29 is 46.4 Å². The average Bonchev–Trinajstić information content (AvgIpc) is 3.16. The summed E-state index contributed by atoms with van der Waals surface area (Å²) in [5.74, 6) is -1.42. The first-order valence-electron chi connectivity index (χ1n) is 20.9. The van der Waals surface area contributed by atoms with E-state index < -0.39 is 33.7 Å². The van der Waals surface area contributed by atoms with Crippen molar-refractivity contribution in [2.45, 2.75) is 106 Å². The summed E-state index contributed by atoms with van der Waals surface area (Å²) in [4.78, 5) is 57.2. The number of carbonyl (C=O) groups is 4. The first-order chi connectivity index (χ1) is 27.6. The summed E-state index contributed by atoms with van der Waals surface area (Å²) in [6.45, 7) is 16.4. The van der Waals surface area contributed by atoms with Gasteiger partial charge in [-0.05, 0) is 80.9 Å². The number of benzene rings is 1. The molecule has 2 aliphatic heterocycles. The van der Waals surface area contributed by atoms with Crippen LogP contribution in [0, 0.1) is 5.41 Å². The fourth-order valence-electron chi connectivity index (χ4n) is 6.70. The Balaban J connectivity index is 1.63. The Morgan fingerprint density at radius 2 is 1.48 bits per heavy atom. The largest absolute Gasteiger partial charge is 0.457 e. The molecule has 1 aromatic carbocycles. The maximum atomic E-state index is 13.7. The monoisotopic (exact) mass is 830 g/mol. The molecule has 2 aliphatic rings. The van der Waals surface area contributed by atoms with Gasteiger partial charge in [-0.15, -0.1) is 0 Å². The Bertz CT molecular complexity index is 1740. The number of carbonyl (C=O) groups excluding carboxylic acids is 4. The molecule has 0 atom stereocenters. The minimum absolute atomic E-state index is 0.0178. The number of anilines is 1. The van der Waals surface area contributed by atoms with E-state index in [1.807, 2.05) is 18.2 Å². The molecule has 1 saturated heterocycles. The average molecular weight is 831 g/mol. The Kier molecular flexibility index (Phi) is 20.1. The quantitative estimate of drug-likeness (QED) is 0.0430. The first kappa shape index (κ1) is 48.3. The summed E-state index contributed by atoms with van der Waals surface area (Å²) in [7, 11) is -4.35. The summed E-state index contributed by atoms with van der Waals surface area (Å²) in [5.41, 5.74) is 2.37. The van der Waals surface area contributed by atoms with Gasteiger partial charge in [0.05, 0.1) is 25.6 Å². The number of amides is 5. The zero-order valence-electron chi connectivity index (χ0n) is 35.5. The van der Waals surface area contributed by atoms with Crippen LogP contribution in [0.5, 0.6) is 5.75 Å². The lowest BCUT2D eigenvalue weighted by atomic mass is 9.80. The van der Waals surface area contributed by atoms with Gasteiger partial charge in [0.1, 0.15) is 17.1 Å². The fourth-order valence-corrected chi connectivity index (χ4v) is 7.20. The van der Waals surface area contributed by atoms with Crippen LogP contribution in [0.4, 0.5) is 10.5 Å². The third-order valence-electron chi connectivity index (χ3n) is 9.94. The predicted molar refractivity (Wildman–Crippen MR) is 226 cm³/mol. The molecular weight excluding hydrogens is 765 g/mol. The number of urea groups is 1. The van der Waals surface area contributed by atoms with Crippen LogP contribution in [0.15, 0.2) is 47.8 Å². The fraction of sp³-hybridized carbons (Fsp3) is 0.628. The summed E-state index contributed by atoms with van der Waals surface area (Å²) < 4.78 is 49.5. The number of nitrogens with zero attached hydrogens (tertiary/aromatic N) is 3. The number of nitrogens with one attached hydrogen (secondary N) is 1. The highest BCUT2D eigenvalue weighted by atomic mass is 32.2. The van der Waals surface area contributed by atoms with Gasteiger partial charge in [-0.1, -0.05) is 59.8 Å². The number of unbranched alkanes of at least 4 members (excludes halogenated alkanes) is 6. The van der Waals surface area contributed by atoms with Crippen molar-refractivity contribution in [3.05, 3.63) is 53.3 Å². The molecule has 0 radical (unpaired) electrons. The number of imide groups is 2. The molecule has 2 heterocycles. The number of barbiturate groups is 1. The summed E-state index contributed by atoms with van der Waals surface area (Å²) in [5, 5.41) is 2.83. The molecule has 58 heavy (non-hydrogen) atoms. The van der Waals surface area contributed by atoms with Crippen molar-refractivity contribution in [1.82, 2.24) is 15.1 Å². The number of allylic oxidation sites excluding steroid dienone is 4. The van der Waals surface area contributed by atoms with Crippen LogP contribution in [-0.2, 0) is 34.0 Å². The predicted octanol–water partition coefficient (Wildman–Crippen LogP) is 6.91. The molecular formula is C43H66N4O10S. The van der Waals surface area contributed by atoms with Crippen LogP contribution < -0.4 is 15.0 Å². The van der Waals surface area contributed by atoms with E-state index in [9.17, 15) is 32.1 Å². The Morgan fingerprint density at radius 1 is 0.845 bits per heavy atom. The van der Waals surface area contributed by atoms with E-state index in [2.05, 4.69) is 57.8 Å². The number of hydrogen-bond donors (Lipinski definition) is 2. The van der Waals surface area contributed by atoms with Crippen molar-refractivity contribution in [3.63, 3.8) is 0 Å². The standard InChI is InChI=1S/C43H66N4O10S/c1-7-10-11-12-16-26-55-28-29-56-27-23-44-39(48)18-14-13-15-24-46-40(49)36(41(50)47(42(46)51)25-17-30-58(52,53)54)22-20-34-32-37(43(4,5)6)35-21-19-33(31-38(35)57-34)45(8-2)9-3/h19-22,31-32H,7-18,23-30H2,1-6H3,(H,44,48)(H,52,53,54)/b34-20-,36-22-. The van der Waals surface area contributed by atoms with Gasteiger partial charge >= 0.3 is 6.03 Å². The van der Waals surface area contributed by atoms with Gasteiger partial charge in [-0.25, -0.2) is 4.79 Å². The lowest BCUT2D eigenvalue weighted by Gasteiger charge is -2.34. The number of hydrogen-bond acceptors (Lipinski definition) is 10. The van der Waals surface area contributed by atoms with Crippen LogP contribution in [0.1, 0.15) is 111 Å². The normalized spacial score (nSPS) is 16.2. The molecule has 1 fully saturated rings. The zero-order valence-corrected chi connectivity index (χ0v) is 36.3. The van der Waals surface area contributed by atoms with E-state index in [0.717, 1.165) is 52.7 Å². The molecule has 0 bridgehead atoms. The van der Waals surface area contributed by atoms with Crippen molar-refractivity contribution in [2.75, 3.05) is 69.8 Å². The lowest BCUT2D eigenvalue weighted by Crippen LogP contribution is -2.56. The van der Waals surface area contributed by atoms with Crippen molar-refractivity contribution in [1.29, 1.82) is 0 Å². The second kappa shape index (κ2) is 24.1. The van der Waals surface area contributed by atoms with Crippen LogP contribution >= 0.6 is 0 Å². The van der Waals surface area contributed by atoms with Crippen molar-refractivity contribution in [2.24, 2.45) is 5.41 Å². The van der Waals surface area contributed by atoms with Crippen LogP contribution in [-0.4, -0.2) is 111 Å². The maximum Gasteiger partial charge on any atom is 0.333 e. The van der Waals surface area contributed by atoms with Gasteiger partial charge in [0.15, 0.2) is 0 Å². The van der Waals surface area contributed by atoms with E-state index in [1.54, 1.807) is 0 Å². The van der Waals surface area contributed by atoms with Gasteiger partial charge in [-0.2, -0.15) is 8.42 Å². The third kappa shape index (κ3) is 15.6. The van der Waals surface area contributed by atoms with E-state index >= 15 is 0 Å². The van der Waals surface area contributed by atoms with E-state index in [-0.39, 0.29) is 42.8 Å². The Morgan fingerprint density at radius 3 is 2.12 bits per heavy atom. The van der Waals surface area contributed by atoms with Crippen molar-refractivity contribution in [3.8, 4) is 5.75 Å². The molecule has 1 aromatic rings. The molecule has 324 valence electrons. The molecule has 15 heteroatoms. The number of rotatable bonds is 26. The third-order valence-corrected chi connectivity index (χ3v) is 10.7. The smallest absolute Gasteiger partial charge is 0.333 e. The SMILES string of the molecule is CCCCCCCOCCOCCNC(=O)CCCCCN1C(=O)/C(=C/C=C2/C=C(C(C)(C)C)c3ccc(N(CC)CC)cc3O2)C(=O)N(CCCS(=O)(=O)O)C1=O. The van der Waals surface area contributed by atoms with Gasteiger partial charge in [0, 0.05) is 63.1 Å². The molecule has 14 nitrogen and oxygen atoms in total. The van der Waals surface area contributed by atoms with E-state index in [0.29, 0.717) is 57.1 Å². The molecule has 0 unspecified atom stereocenters. The summed E-state index contributed by atoms with van der Waals surface area (Å²) >= 11 is 0. The van der Waals surface area contributed by atoms with Gasteiger partial charge < -0.3 is 24.4 Å². The minimum Gasteiger partial charge on any atom is -0.457 e. The summed E-state index contributed by atoms with van der Waals surface area (Å²) in [6.07, 6.45) is 12.1. The molecule has 0 aliphatic carbocycles. The molecule has 2 N–H and O–H groups in total. The molecule has 3 rings (SSSR count). The molecule has 0 spiro atoms. The van der Waals surface area contributed by atoms with Crippen LogP contribution in [0.2, 0.25) is 0 Å². The maximum absolute atomic E-state index is 13.7. The van der Waals surface area contributed by atoms with Crippen molar-refractivity contribution >= 4 is 45.1 Å². The highest BCUT2D eigenvalue weighted by Crippen LogP contribution is 2.44. The van der Waals surface area contributed by atoms with Gasteiger partial charge in [0.25, 0.3) is 21.9 Å². The molecule has 5 amide bonds. The number of fused-ring (bicyclic) bond motifs is 1. The first-order valence-corrected chi connectivity index (χ1v) is 22.5. The van der Waals surface area contributed by atoms with E-state index in [4.69, 9.17) is 14.2 Å². The summed E-state index contributed by atoms with van der Waals surface area (Å²) in [6, 6.07) is 5.21. The van der Waals surface area contributed by atoms with Crippen LogP contribution in [0.3, 0.4) is 0 Å². The molecule has 0 saturated carbocycles. The lowest BCUT2D eigenvalue weighted by molar-refractivity contribution is -0.136. The van der Waals surface area contributed by atoms with Crippen LogP contribution in [0.25, 0.3) is 5.57 Å². The van der Waals surface area contributed by atoms with Gasteiger partial charge in [0.2, 0.25) is 5.91 Å². The highest BCUT2D eigenvalue weighted by Gasteiger charge is 2.41. The Labute approximate surface area is 345 Å².